The largest absolute Gasteiger partial charge is 0.336 e. The highest BCUT2D eigenvalue weighted by atomic mass is 32.2. The second kappa shape index (κ2) is 6.91. The number of thioether (sulfide) groups is 1. The van der Waals surface area contributed by atoms with Gasteiger partial charge in [-0.05, 0) is 25.3 Å². The molecule has 0 N–H and O–H groups in total. The number of carbonyl (C=O) groups excluding carboxylic acids is 1. The molecule has 4 nitrogen and oxygen atoms in total. The zero-order valence-corrected chi connectivity index (χ0v) is 12.4. The van der Waals surface area contributed by atoms with E-state index in [-0.39, 0.29) is 5.91 Å². The number of piperazine rings is 1. The highest BCUT2D eigenvalue weighted by Gasteiger charge is 2.22. The van der Waals surface area contributed by atoms with Crippen LogP contribution in [0.5, 0.6) is 0 Å². The van der Waals surface area contributed by atoms with E-state index in [2.05, 4.69) is 16.1 Å². The Bertz CT molecular complexity index is 430. The standard InChI is InChI=1S/C14H21N3OS/c1-12-13(4-3-5-15-12)14(18)17-8-6-16(7-9-17)10-11-19-2/h3-5H,6-11H2,1-2H3. The number of aryl methyl sites for hydroxylation is 1. The molecule has 1 saturated heterocycles. The molecule has 0 aromatic carbocycles. The first-order valence-electron chi connectivity index (χ1n) is 6.64. The molecule has 0 aliphatic carbocycles. The lowest BCUT2D eigenvalue weighted by Gasteiger charge is -2.34. The SMILES string of the molecule is CSCCN1CCN(C(=O)c2cccnc2C)CC1. The summed E-state index contributed by atoms with van der Waals surface area (Å²) in [6.07, 6.45) is 3.86. The predicted octanol–water partition coefficient (Wildman–Crippen LogP) is 1.51. The first kappa shape index (κ1) is 14.3. The van der Waals surface area contributed by atoms with Crippen LogP contribution < -0.4 is 0 Å². The Hall–Kier alpha value is -1.07. The van der Waals surface area contributed by atoms with Crippen LogP contribution in [-0.2, 0) is 0 Å². The lowest BCUT2D eigenvalue weighted by atomic mass is 10.1. The number of pyridine rings is 1. The number of carbonyl (C=O) groups is 1. The van der Waals surface area contributed by atoms with Crippen molar-refractivity contribution in [3.63, 3.8) is 0 Å². The van der Waals surface area contributed by atoms with Crippen LogP contribution in [0.2, 0.25) is 0 Å². The van der Waals surface area contributed by atoms with Gasteiger partial charge in [-0.25, -0.2) is 0 Å². The minimum absolute atomic E-state index is 0.120. The Kier molecular flexibility index (Phi) is 5.22. The van der Waals surface area contributed by atoms with Crippen LogP contribution in [0.25, 0.3) is 0 Å². The van der Waals surface area contributed by atoms with Gasteiger partial charge < -0.3 is 4.90 Å². The molecule has 0 saturated carbocycles. The number of rotatable bonds is 4. The van der Waals surface area contributed by atoms with Gasteiger partial charge in [0.15, 0.2) is 0 Å². The molecular formula is C14H21N3OS. The van der Waals surface area contributed by atoms with Crippen LogP contribution in [0.3, 0.4) is 0 Å². The molecule has 5 heteroatoms. The lowest BCUT2D eigenvalue weighted by Crippen LogP contribution is -2.49. The molecule has 0 bridgehead atoms. The van der Waals surface area contributed by atoms with Gasteiger partial charge in [0.1, 0.15) is 0 Å². The van der Waals surface area contributed by atoms with Gasteiger partial charge in [0.05, 0.1) is 5.56 Å². The van der Waals surface area contributed by atoms with E-state index in [1.54, 1.807) is 6.20 Å². The fourth-order valence-corrected chi connectivity index (χ4v) is 2.72. The molecule has 2 rings (SSSR count). The van der Waals surface area contributed by atoms with Crippen molar-refractivity contribution in [3.8, 4) is 0 Å². The van der Waals surface area contributed by atoms with Crippen molar-refractivity contribution in [2.24, 2.45) is 0 Å². The van der Waals surface area contributed by atoms with Gasteiger partial charge in [-0.15, -0.1) is 0 Å². The third-order valence-corrected chi connectivity index (χ3v) is 4.10. The molecule has 0 unspecified atom stereocenters. The first-order chi connectivity index (χ1) is 9.22. The molecule has 1 aliphatic rings. The summed E-state index contributed by atoms with van der Waals surface area (Å²) in [5, 5.41) is 0. The average molecular weight is 279 g/mol. The highest BCUT2D eigenvalue weighted by molar-refractivity contribution is 7.98. The lowest BCUT2D eigenvalue weighted by molar-refractivity contribution is 0.0643. The van der Waals surface area contributed by atoms with Crippen molar-refractivity contribution in [2.45, 2.75) is 6.92 Å². The Balaban J connectivity index is 1.91. The molecule has 1 aromatic rings. The van der Waals surface area contributed by atoms with Crippen molar-refractivity contribution in [1.82, 2.24) is 14.8 Å². The van der Waals surface area contributed by atoms with Crippen LogP contribution >= 0.6 is 11.8 Å². The summed E-state index contributed by atoms with van der Waals surface area (Å²) in [5.74, 6) is 1.28. The van der Waals surface area contributed by atoms with Crippen molar-refractivity contribution < 1.29 is 4.79 Å². The Morgan fingerprint density at radius 1 is 1.37 bits per heavy atom. The number of hydrogen-bond acceptors (Lipinski definition) is 4. The van der Waals surface area contributed by atoms with Crippen molar-refractivity contribution in [2.75, 3.05) is 44.7 Å². The molecular weight excluding hydrogens is 258 g/mol. The van der Waals surface area contributed by atoms with E-state index in [0.29, 0.717) is 0 Å². The summed E-state index contributed by atoms with van der Waals surface area (Å²) >= 11 is 1.87. The van der Waals surface area contributed by atoms with Crippen LogP contribution in [0.15, 0.2) is 18.3 Å². The monoisotopic (exact) mass is 279 g/mol. The summed E-state index contributed by atoms with van der Waals surface area (Å²) < 4.78 is 0. The third-order valence-electron chi connectivity index (χ3n) is 3.51. The van der Waals surface area contributed by atoms with E-state index in [4.69, 9.17) is 0 Å². The maximum absolute atomic E-state index is 12.4. The van der Waals surface area contributed by atoms with Crippen molar-refractivity contribution in [1.29, 1.82) is 0 Å². The van der Waals surface area contributed by atoms with Gasteiger partial charge in [-0.2, -0.15) is 11.8 Å². The Labute approximate surface area is 119 Å². The minimum Gasteiger partial charge on any atom is -0.336 e. The second-order valence-electron chi connectivity index (χ2n) is 4.76. The Morgan fingerprint density at radius 2 is 2.11 bits per heavy atom. The third kappa shape index (κ3) is 3.70. The van der Waals surface area contributed by atoms with Gasteiger partial charge in [-0.3, -0.25) is 14.7 Å². The summed E-state index contributed by atoms with van der Waals surface area (Å²) in [7, 11) is 0. The molecule has 1 aromatic heterocycles. The van der Waals surface area contributed by atoms with E-state index < -0.39 is 0 Å². The summed E-state index contributed by atoms with van der Waals surface area (Å²) in [4.78, 5) is 21.0. The highest BCUT2D eigenvalue weighted by Crippen LogP contribution is 2.11. The minimum atomic E-state index is 0.120. The molecule has 104 valence electrons. The van der Waals surface area contributed by atoms with Gasteiger partial charge in [-0.1, -0.05) is 0 Å². The number of nitrogens with zero attached hydrogens (tertiary/aromatic N) is 3. The zero-order chi connectivity index (χ0) is 13.7. The second-order valence-corrected chi connectivity index (χ2v) is 5.75. The molecule has 2 heterocycles. The van der Waals surface area contributed by atoms with E-state index in [9.17, 15) is 4.79 Å². The van der Waals surface area contributed by atoms with Gasteiger partial charge >= 0.3 is 0 Å². The number of aromatic nitrogens is 1. The Morgan fingerprint density at radius 3 is 2.74 bits per heavy atom. The van der Waals surface area contributed by atoms with Crippen LogP contribution in [-0.4, -0.2) is 65.4 Å². The quantitative estimate of drug-likeness (QED) is 0.837. The molecule has 0 atom stereocenters. The summed E-state index contributed by atoms with van der Waals surface area (Å²) in [5.41, 5.74) is 1.55. The zero-order valence-electron chi connectivity index (χ0n) is 11.6. The molecule has 1 aliphatic heterocycles. The molecule has 0 radical (unpaired) electrons. The fraction of sp³-hybridized carbons (Fsp3) is 0.571. The van der Waals surface area contributed by atoms with E-state index in [1.165, 1.54) is 0 Å². The van der Waals surface area contributed by atoms with E-state index in [0.717, 1.165) is 49.7 Å². The van der Waals surface area contributed by atoms with Crippen molar-refractivity contribution >= 4 is 17.7 Å². The van der Waals surface area contributed by atoms with E-state index in [1.807, 2.05) is 35.7 Å². The average Bonchev–Trinajstić information content (AvgIpc) is 2.45. The maximum Gasteiger partial charge on any atom is 0.255 e. The van der Waals surface area contributed by atoms with Crippen molar-refractivity contribution in [3.05, 3.63) is 29.6 Å². The van der Waals surface area contributed by atoms with Gasteiger partial charge in [0.25, 0.3) is 5.91 Å². The van der Waals surface area contributed by atoms with Crippen LogP contribution in [0.4, 0.5) is 0 Å². The maximum atomic E-state index is 12.4. The predicted molar refractivity (Wildman–Crippen MR) is 79.7 cm³/mol. The van der Waals surface area contributed by atoms with Gasteiger partial charge in [0.2, 0.25) is 0 Å². The first-order valence-corrected chi connectivity index (χ1v) is 8.04. The number of hydrogen-bond donors (Lipinski definition) is 0. The summed E-state index contributed by atoms with van der Waals surface area (Å²) in [6, 6.07) is 3.69. The smallest absolute Gasteiger partial charge is 0.255 e. The molecule has 1 fully saturated rings. The topological polar surface area (TPSA) is 36.4 Å². The fourth-order valence-electron chi connectivity index (χ4n) is 2.28. The normalized spacial score (nSPS) is 16.6. The van der Waals surface area contributed by atoms with E-state index >= 15 is 0 Å². The van der Waals surface area contributed by atoms with Gasteiger partial charge in [0, 0.05) is 50.4 Å². The molecule has 19 heavy (non-hydrogen) atoms. The summed E-state index contributed by atoms with van der Waals surface area (Å²) in [6.45, 7) is 6.61. The van der Waals surface area contributed by atoms with Crippen LogP contribution in [0.1, 0.15) is 16.1 Å². The molecule has 0 spiro atoms. The number of amides is 1. The van der Waals surface area contributed by atoms with Crippen LogP contribution in [0, 0.1) is 6.92 Å². The molecule has 1 amide bonds.